The van der Waals surface area contributed by atoms with E-state index in [0.29, 0.717) is 36.4 Å². The third-order valence-corrected chi connectivity index (χ3v) is 8.61. The SMILES string of the molecule is COc1ccc(C(=O)N(CC(C)C)c2ccnc(C)c2)c(N2CCC(COc3cc(C(CC(=O)O)C4CC4)ccn3)CC2)c1. The highest BCUT2D eigenvalue weighted by Gasteiger charge is 2.34. The number of aryl methyl sites for hydroxylation is 1. The number of anilines is 2. The van der Waals surface area contributed by atoms with Gasteiger partial charge in [-0.3, -0.25) is 14.6 Å². The van der Waals surface area contributed by atoms with Crippen LogP contribution in [0.5, 0.6) is 11.6 Å². The van der Waals surface area contributed by atoms with Crippen molar-refractivity contribution in [2.24, 2.45) is 17.8 Å². The fourth-order valence-corrected chi connectivity index (χ4v) is 6.12. The second-order valence-corrected chi connectivity index (χ2v) is 12.6. The van der Waals surface area contributed by atoms with Crippen molar-refractivity contribution in [3.8, 4) is 11.6 Å². The Morgan fingerprint density at radius 3 is 2.43 bits per heavy atom. The van der Waals surface area contributed by atoms with Gasteiger partial charge in [-0.05, 0) is 92.2 Å². The van der Waals surface area contributed by atoms with Crippen molar-refractivity contribution in [2.75, 3.05) is 43.2 Å². The Hall–Kier alpha value is -4.14. The van der Waals surface area contributed by atoms with Crippen molar-refractivity contribution in [3.63, 3.8) is 0 Å². The smallest absolute Gasteiger partial charge is 0.303 e. The zero-order chi connectivity index (χ0) is 31.2. The molecular weight excluding hydrogens is 556 g/mol. The molecule has 1 aliphatic heterocycles. The number of carbonyl (C=O) groups excluding carboxylic acids is 1. The number of carbonyl (C=O) groups is 2. The molecule has 1 atom stereocenters. The monoisotopic (exact) mass is 600 g/mol. The molecule has 9 nitrogen and oxygen atoms in total. The number of aromatic nitrogens is 2. The van der Waals surface area contributed by atoms with E-state index in [-0.39, 0.29) is 24.2 Å². The molecule has 3 aromatic rings. The van der Waals surface area contributed by atoms with Gasteiger partial charge in [0.15, 0.2) is 0 Å². The van der Waals surface area contributed by atoms with Crippen molar-refractivity contribution >= 4 is 23.3 Å². The van der Waals surface area contributed by atoms with Gasteiger partial charge in [0, 0.05) is 55.5 Å². The van der Waals surface area contributed by atoms with Gasteiger partial charge in [0.05, 0.1) is 31.4 Å². The Morgan fingerprint density at radius 2 is 1.77 bits per heavy atom. The van der Waals surface area contributed by atoms with Crippen molar-refractivity contribution in [1.29, 1.82) is 0 Å². The predicted molar refractivity (Wildman–Crippen MR) is 171 cm³/mol. The molecule has 5 rings (SSSR count). The second kappa shape index (κ2) is 14.1. The summed E-state index contributed by atoms with van der Waals surface area (Å²) in [6.45, 7) is 8.88. The summed E-state index contributed by atoms with van der Waals surface area (Å²) < 4.78 is 11.7. The zero-order valence-corrected chi connectivity index (χ0v) is 26.2. The van der Waals surface area contributed by atoms with Crippen LogP contribution in [0.25, 0.3) is 0 Å². The predicted octanol–water partition coefficient (Wildman–Crippen LogP) is 6.36. The summed E-state index contributed by atoms with van der Waals surface area (Å²) in [7, 11) is 1.65. The van der Waals surface area contributed by atoms with Crippen LogP contribution in [-0.4, -0.2) is 60.3 Å². The molecule has 2 aliphatic rings. The van der Waals surface area contributed by atoms with Crippen molar-refractivity contribution in [3.05, 3.63) is 71.7 Å². The van der Waals surface area contributed by atoms with Gasteiger partial charge in [0.2, 0.25) is 5.88 Å². The zero-order valence-electron chi connectivity index (χ0n) is 26.2. The summed E-state index contributed by atoms with van der Waals surface area (Å²) in [5.74, 6) is 1.55. The Labute approximate surface area is 260 Å². The molecule has 1 aliphatic carbocycles. The molecular formula is C35H44N4O5. The van der Waals surface area contributed by atoms with Gasteiger partial charge in [-0.15, -0.1) is 0 Å². The summed E-state index contributed by atoms with van der Waals surface area (Å²) in [5.41, 5.74) is 4.25. The third-order valence-electron chi connectivity index (χ3n) is 8.61. The van der Waals surface area contributed by atoms with Crippen LogP contribution >= 0.6 is 0 Å². The van der Waals surface area contributed by atoms with E-state index in [9.17, 15) is 14.7 Å². The second-order valence-electron chi connectivity index (χ2n) is 12.6. The molecule has 1 N–H and O–H groups in total. The number of carboxylic acids is 1. The molecule has 3 heterocycles. The van der Waals surface area contributed by atoms with E-state index in [2.05, 4.69) is 28.7 Å². The summed E-state index contributed by atoms with van der Waals surface area (Å²) in [6, 6.07) is 13.4. The average molecular weight is 601 g/mol. The Morgan fingerprint density at radius 1 is 1.02 bits per heavy atom. The highest BCUT2D eigenvalue weighted by molar-refractivity contribution is 6.10. The van der Waals surface area contributed by atoms with Crippen LogP contribution in [0.4, 0.5) is 11.4 Å². The molecule has 0 spiro atoms. The van der Waals surface area contributed by atoms with Crippen LogP contribution in [0.1, 0.15) is 73.5 Å². The van der Waals surface area contributed by atoms with E-state index in [4.69, 9.17) is 9.47 Å². The molecule has 1 saturated carbocycles. The molecule has 1 amide bonds. The highest BCUT2D eigenvalue weighted by Crippen LogP contribution is 2.45. The lowest BCUT2D eigenvalue weighted by Crippen LogP contribution is -2.39. The van der Waals surface area contributed by atoms with E-state index in [1.807, 2.05) is 54.3 Å². The first-order valence-electron chi connectivity index (χ1n) is 15.7. The molecule has 234 valence electrons. The number of ether oxygens (including phenoxy) is 2. The van der Waals surface area contributed by atoms with Crippen molar-refractivity contribution in [2.45, 2.75) is 58.8 Å². The molecule has 1 aromatic carbocycles. The Balaban J connectivity index is 1.26. The average Bonchev–Trinajstić information content (AvgIpc) is 3.87. The number of methoxy groups -OCH3 is 1. The van der Waals surface area contributed by atoms with Crippen LogP contribution in [0.3, 0.4) is 0 Å². The van der Waals surface area contributed by atoms with Gasteiger partial charge in [0.25, 0.3) is 5.91 Å². The largest absolute Gasteiger partial charge is 0.497 e. The quantitative estimate of drug-likeness (QED) is 0.242. The van der Waals surface area contributed by atoms with Crippen molar-refractivity contribution in [1.82, 2.24) is 9.97 Å². The van der Waals surface area contributed by atoms with Gasteiger partial charge in [-0.1, -0.05) is 13.8 Å². The molecule has 2 aromatic heterocycles. The first kappa shape index (κ1) is 31.3. The van der Waals surface area contributed by atoms with E-state index in [1.165, 1.54) is 0 Å². The number of piperidine rings is 1. The maximum atomic E-state index is 14.1. The topological polar surface area (TPSA) is 105 Å². The molecule has 9 heteroatoms. The number of carboxylic acid groups (broad SMARTS) is 1. The first-order valence-corrected chi connectivity index (χ1v) is 15.7. The summed E-state index contributed by atoms with van der Waals surface area (Å²) >= 11 is 0. The lowest BCUT2D eigenvalue weighted by Gasteiger charge is -2.35. The Kier molecular flexibility index (Phi) is 10.0. The number of pyridine rings is 2. The normalized spacial score (nSPS) is 16.1. The van der Waals surface area contributed by atoms with Crippen LogP contribution in [0.2, 0.25) is 0 Å². The molecule has 2 fully saturated rings. The van der Waals surface area contributed by atoms with Crippen molar-refractivity contribution < 1.29 is 24.2 Å². The number of rotatable bonds is 13. The maximum Gasteiger partial charge on any atom is 0.303 e. The lowest BCUT2D eigenvalue weighted by atomic mass is 9.92. The maximum absolute atomic E-state index is 14.1. The minimum atomic E-state index is -0.770. The van der Waals surface area contributed by atoms with E-state index in [0.717, 1.165) is 67.2 Å². The molecule has 1 saturated heterocycles. The van der Waals surface area contributed by atoms with Gasteiger partial charge in [0.1, 0.15) is 5.75 Å². The summed E-state index contributed by atoms with van der Waals surface area (Å²) in [6.07, 6.45) is 7.59. The molecule has 44 heavy (non-hydrogen) atoms. The van der Waals surface area contributed by atoms with Gasteiger partial charge in [-0.2, -0.15) is 0 Å². The number of aliphatic carboxylic acids is 1. The minimum absolute atomic E-state index is 0.0138. The van der Waals surface area contributed by atoms with Crippen LogP contribution in [-0.2, 0) is 4.79 Å². The third kappa shape index (κ3) is 7.87. The van der Waals surface area contributed by atoms with Gasteiger partial charge >= 0.3 is 5.97 Å². The molecule has 1 unspecified atom stereocenters. The lowest BCUT2D eigenvalue weighted by molar-refractivity contribution is -0.137. The van der Waals surface area contributed by atoms with Gasteiger partial charge < -0.3 is 24.4 Å². The van der Waals surface area contributed by atoms with Crippen LogP contribution in [0.15, 0.2) is 54.9 Å². The van der Waals surface area contributed by atoms with Crippen LogP contribution < -0.4 is 19.3 Å². The molecule has 0 radical (unpaired) electrons. The minimum Gasteiger partial charge on any atom is -0.497 e. The fraction of sp³-hybridized carbons (Fsp3) is 0.486. The summed E-state index contributed by atoms with van der Waals surface area (Å²) in [4.78, 5) is 38.4. The number of benzene rings is 1. The first-order chi connectivity index (χ1) is 21.2. The highest BCUT2D eigenvalue weighted by atomic mass is 16.5. The number of hydrogen-bond donors (Lipinski definition) is 1. The molecule has 0 bridgehead atoms. The Bertz CT molecular complexity index is 1450. The number of nitrogens with zero attached hydrogens (tertiary/aromatic N) is 4. The summed E-state index contributed by atoms with van der Waals surface area (Å²) in [5, 5.41) is 9.39. The standard InChI is InChI=1S/C35H44N4O5/c1-23(2)21-39(28-10-14-36-24(3)17-28)35(42)30-8-7-29(43-4)19-32(30)38-15-11-25(12-16-38)22-44-33-18-27(9-13-37-33)31(20-34(40)41)26-5-6-26/h7-10,13-14,17-19,23,25-26,31H,5-6,11-12,15-16,20-22H2,1-4H3,(H,40,41). The fourth-order valence-electron chi connectivity index (χ4n) is 6.12. The van der Waals surface area contributed by atoms with E-state index in [1.54, 1.807) is 19.5 Å². The van der Waals surface area contributed by atoms with Gasteiger partial charge in [-0.25, -0.2) is 4.98 Å². The van der Waals surface area contributed by atoms with Crippen LogP contribution in [0, 0.1) is 24.7 Å². The van der Waals surface area contributed by atoms with E-state index < -0.39 is 5.97 Å². The van der Waals surface area contributed by atoms with E-state index >= 15 is 0 Å². The number of hydrogen-bond acceptors (Lipinski definition) is 7. The number of amides is 1.